The van der Waals surface area contributed by atoms with Gasteiger partial charge in [-0.05, 0) is 37.5 Å². The van der Waals surface area contributed by atoms with Crippen molar-refractivity contribution in [2.24, 2.45) is 11.8 Å². The number of ether oxygens (including phenoxy) is 4. The minimum atomic E-state index is 0.108. The van der Waals surface area contributed by atoms with Gasteiger partial charge in [0, 0.05) is 26.2 Å². The van der Waals surface area contributed by atoms with Gasteiger partial charge in [-0.25, -0.2) is 0 Å². The maximum atomic E-state index is 5.83. The van der Waals surface area contributed by atoms with Crippen LogP contribution in [0.4, 0.5) is 0 Å². The van der Waals surface area contributed by atoms with Crippen LogP contribution in [0.15, 0.2) is 0 Å². The summed E-state index contributed by atoms with van der Waals surface area (Å²) in [5.74, 6) is 1.47. The fraction of sp³-hybridized carbons (Fsp3) is 1.00. The number of hydrogen-bond donors (Lipinski definition) is 0. The van der Waals surface area contributed by atoms with Crippen molar-refractivity contribution in [3.63, 3.8) is 0 Å². The lowest BCUT2D eigenvalue weighted by Crippen LogP contribution is -2.71. The summed E-state index contributed by atoms with van der Waals surface area (Å²) < 4.78 is 23.3. The van der Waals surface area contributed by atoms with E-state index in [1.807, 2.05) is 0 Å². The molecule has 4 saturated heterocycles. The molecule has 4 atom stereocenters. The molecule has 0 aromatic heterocycles. The molecule has 6 fully saturated rings. The second-order valence-corrected chi connectivity index (χ2v) is 11.1. The topological polar surface area (TPSA) is 56.6 Å². The molecule has 4 unspecified atom stereocenters. The molecule has 4 aliphatic heterocycles. The Morgan fingerprint density at radius 1 is 0.484 bits per heavy atom. The maximum Gasteiger partial charge on any atom is 0.0937 e. The van der Waals surface area contributed by atoms with Crippen molar-refractivity contribution in [3.05, 3.63) is 0 Å². The van der Waals surface area contributed by atoms with Crippen molar-refractivity contribution >= 4 is 0 Å². The van der Waals surface area contributed by atoms with E-state index in [0.717, 1.165) is 64.4 Å². The molecule has 2 aliphatic carbocycles. The van der Waals surface area contributed by atoms with Crippen LogP contribution in [-0.4, -0.2) is 92.5 Å². The van der Waals surface area contributed by atoms with Crippen LogP contribution in [0.25, 0.3) is 0 Å². The van der Waals surface area contributed by atoms with E-state index in [1.54, 1.807) is 0 Å². The first-order valence-corrected chi connectivity index (χ1v) is 13.3. The van der Waals surface area contributed by atoms with E-state index >= 15 is 0 Å². The van der Waals surface area contributed by atoms with Gasteiger partial charge >= 0.3 is 0 Å². The quantitative estimate of drug-likeness (QED) is 0.348. The summed E-state index contributed by atoms with van der Waals surface area (Å²) >= 11 is 0. The van der Waals surface area contributed by atoms with E-state index in [-0.39, 0.29) is 5.66 Å². The monoisotopic (exact) mass is 434 g/mol. The van der Waals surface area contributed by atoms with Gasteiger partial charge in [-0.15, -0.1) is 0 Å². The molecular formula is C25H42N2O4. The van der Waals surface area contributed by atoms with Crippen LogP contribution in [0.3, 0.4) is 0 Å². The van der Waals surface area contributed by atoms with Gasteiger partial charge in [0.2, 0.25) is 0 Å². The maximum absolute atomic E-state index is 5.83. The van der Waals surface area contributed by atoms with Gasteiger partial charge in [0.05, 0.1) is 56.5 Å². The molecule has 0 N–H and O–H groups in total. The van der Waals surface area contributed by atoms with E-state index in [0.29, 0.717) is 24.4 Å². The second-order valence-electron chi connectivity index (χ2n) is 11.1. The Morgan fingerprint density at radius 2 is 0.774 bits per heavy atom. The minimum Gasteiger partial charge on any atom is -0.372 e. The molecule has 6 heteroatoms. The van der Waals surface area contributed by atoms with E-state index in [2.05, 4.69) is 9.80 Å². The van der Waals surface area contributed by atoms with Crippen molar-refractivity contribution < 1.29 is 18.9 Å². The van der Waals surface area contributed by atoms with Crippen LogP contribution in [0.5, 0.6) is 0 Å². The number of hydrogen-bond acceptors (Lipinski definition) is 6. The first-order valence-electron chi connectivity index (χ1n) is 13.3. The van der Waals surface area contributed by atoms with E-state index in [1.165, 1.54) is 64.2 Å². The number of nitrogens with zero attached hydrogens (tertiary/aromatic N) is 2. The van der Waals surface area contributed by atoms with Gasteiger partial charge < -0.3 is 18.9 Å². The predicted molar refractivity (Wildman–Crippen MR) is 118 cm³/mol. The molecule has 0 radical (unpaired) electrons. The molecule has 6 rings (SSSR count). The number of rotatable bonds is 12. The Balaban J connectivity index is 1.40. The summed E-state index contributed by atoms with van der Waals surface area (Å²) in [6.07, 6.45) is 15.5. The van der Waals surface area contributed by atoms with Crippen molar-refractivity contribution in [2.75, 3.05) is 52.6 Å². The van der Waals surface area contributed by atoms with Crippen LogP contribution in [0.2, 0.25) is 0 Å². The lowest BCUT2D eigenvalue weighted by Gasteiger charge is -2.60. The van der Waals surface area contributed by atoms with Gasteiger partial charge in [-0.2, -0.15) is 0 Å². The molecule has 6 aliphatic rings. The van der Waals surface area contributed by atoms with Crippen LogP contribution >= 0.6 is 0 Å². The molecule has 31 heavy (non-hydrogen) atoms. The predicted octanol–water partition coefficient (Wildman–Crippen LogP) is 3.04. The Morgan fingerprint density at radius 3 is 1.03 bits per heavy atom. The van der Waals surface area contributed by atoms with Gasteiger partial charge in [0.15, 0.2) is 0 Å². The first-order chi connectivity index (χ1) is 15.3. The van der Waals surface area contributed by atoms with Gasteiger partial charge in [0.25, 0.3) is 0 Å². The van der Waals surface area contributed by atoms with E-state index < -0.39 is 0 Å². The first kappa shape index (κ1) is 21.3. The highest BCUT2D eigenvalue weighted by atomic mass is 16.6. The molecular weight excluding hydrogens is 392 g/mol. The Bertz CT molecular complexity index is 510. The lowest BCUT2D eigenvalue weighted by atomic mass is 9.67. The summed E-state index contributed by atoms with van der Waals surface area (Å²) in [5, 5.41) is 0. The smallest absolute Gasteiger partial charge is 0.0937 e. The molecule has 0 aromatic carbocycles. The highest BCUT2D eigenvalue weighted by Gasteiger charge is 2.57. The van der Waals surface area contributed by atoms with E-state index in [4.69, 9.17) is 18.9 Å². The van der Waals surface area contributed by atoms with Crippen LogP contribution < -0.4 is 0 Å². The summed E-state index contributed by atoms with van der Waals surface area (Å²) in [4.78, 5) is 5.80. The largest absolute Gasteiger partial charge is 0.372 e. The summed E-state index contributed by atoms with van der Waals surface area (Å²) in [6.45, 7) is 8.02. The standard InChI is InChI=1S/C25H42N2O4/c1-3-7-19(8-4-1)25(20-9-5-2-6-10-20,26(11-21-15-28-21)12-22-16-29-22)27(13-23-17-30-23)14-24-18-31-24/h19-24H,1-18H2. The zero-order valence-electron chi connectivity index (χ0n) is 19.2. The second kappa shape index (κ2) is 9.19. The fourth-order valence-electron chi connectivity index (χ4n) is 7.03. The van der Waals surface area contributed by atoms with Crippen molar-refractivity contribution in [2.45, 2.75) is 94.3 Å². The van der Waals surface area contributed by atoms with Gasteiger partial charge in [-0.1, -0.05) is 38.5 Å². The van der Waals surface area contributed by atoms with Gasteiger partial charge in [0.1, 0.15) is 0 Å². The van der Waals surface area contributed by atoms with Crippen LogP contribution in [0, 0.1) is 11.8 Å². The lowest BCUT2D eigenvalue weighted by molar-refractivity contribution is -0.162. The highest BCUT2D eigenvalue weighted by Crippen LogP contribution is 2.50. The molecule has 4 heterocycles. The average Bonchev–Trinajstić information content (AvgIpc) is 3.63. The Hall–Kier alpha value is -0.240. The highest BCUT2D eigenvalue weighted by molar-refractivity contribution is 5.06. The van der Waals surface area contributed by atoms with E-state index in [9.17, 15) is 0 Å². The third-order valence-electron chi connectivity index (χ3n) is 8.73. The molecule has 0 bridgehead atoms. The third-order valence-corrected chi connectivity index (χ3v) is 8.73. The summed E-state index contributed by atoms with van der Waals surface area (Å²) in [7, 11) is 0. The van der Waals surface area contributed by atoms with Crippen LogP contribution in [0.1, 0.15) is 64.2 Å². The Kier molecular flexibility index (Phi) is 6.31. The zero-order valence-corrected chi connectivity index (χ0v) is 19.2. The van der Waals surface area contributed by atoms with Gasteiger partial charge in [-0.3, -0.25) is 9.80 Å². The SMILES string of the molecule is C1CCC(C(C2CCCCC2)(N(CC2CO2)CC2CO2)N(CC2CO2)CC2CO2)CC1. The van der Waals surface area contributed by atoms with Crippen LogP contribution in [-0.2, 0) is 18.9 Å². The summed E-state index contributed by atoms with van der Waals surface area (Å²) in [5.41, 5.74) is 0.108. The third kappa shape index (κ3) is 4.99. The Labute approximate surface area is 187 Å². The molecule has 6 nitrogen and oxygen atoms in total. The molecule has 0 amide bonds. The fourth-order valence-corrected chi connectivity index (χ4v) is 7.03. The molecule has 176 valence electrons. The van der Waals surface area contributed by atoms with Crippen molar-refractivity contribution in [1.82, 2.24) is 9.80 Å². The average molecular weight is 435 g/mol. The molecule has 0 aromatic rings. The van der Waals surface area contributed by atoms with Crippen molar-refractivity contribution in [3.8, 4) is 0 Å². The normalized spacial score (nSPS) is 36.2. The molecule has 2 saturated carbocycles. The summed E-state index contributed by atoms with van der Waals surface area (Å²) in [6, 6.07) is 0. The zero-order chi connectivity index (χ0) is 20.7. The minimum absolute atomic E-state index is 0.108. The molecule has 0 spiro atoms. The van der Waals surface area contributed by atoms with Crippen molar-refractivity contribution in [1.29, 1.82) is 0 Å². The number of epoxide rings is 4.